The summed E-state index contributed by atoms with van der Waals surface area (Å²) in [6, 6.07) is 0. The summed E-state index contributed by atoms with van der Waals surface area (Å²) in [4.78, 5) is 0. The van der Waals surface area contributed by atoms with Gasteiger partial charge in [0, 0.05) is 0 Å². The highest BCUT2D eigenvalue weighted by Crippen LogP contribution is 2.21. The zero-order valence-corrected chi connectivity index (χ0v) is 5.57. The van der Waals surface area contributed by atoms with Gasteiger partial charge in [0.05, 0.1) is 5.92 Å². The van der Waals surface area contributed by atoms with E-state index in [1.54, 1.807) is 18.2 Å². The average molecular weight is 138 g/mol. The minimum atomic E-state index is -1.74. The van der Waals surface area contributed by atoms with Crippen molar-refractivity contribution in [2.45, 2.75) is 5.79 Å². The quantitative estimate of drug-likeness (QED) is 0.411. The van der Waals surface area contributed by atoms with Crippen LogP contribution in [0.15, 0.2) is 37.0 Å². The van der Waals surface area contributed by atoms with Crippen LogP contribution in [0.25, 0.3) is 0 Å². The Bertz CT molecular complexity index is 189. The topological polar surface area (TPSA) is 40.5 Å². The van der Waals surface area contributed by atoms with Crippen molar-refractivity contribution in [2.24, 2.45) is 5.92 Å². The number of aliphatic hydroxyl groups is 2. The zero-order chi connectivity index (χ0) is 7.61. The first kappa shape index (κ1) is 7.25. The molecule has 1 atom stereocenters. The van der Waals surface area contributed by atoms with Crippen LogP contribution in [0.1, 0.15) is 0 Å². The molecule has 2 heteroatoms. The number of hydrogen-bond acceptors (Lipinski definition) is 2. The lowest BCUT2D eigenvalue weighted by molar-refractivity contribution is -0.136. The zero-order valence-electron chi connectivity index (χ0n) is 5.57. The van der Waals surface area contributed by atoms with Gasteiger partial charge in [-0.15, -0.1) is 6.58 Å². The van der Waals surface area contributed by atoms with Gasteiger partial charge < -0.3 is 10.2 Å². The minimum absolute atomic E-state index is 0.391. The first-order chi connectivity index (χ1) is 4.67. The first-order valence-corrected chi connectivity index (χ1v) is 3.10. The van der Waals surface area contributed by atoms with Gasteiger partial charge in [-0.3, -0.25) is 0 Å². The third-order valence-corrected chi connectivity index (χ3v) is 1.52. The average Bonchev–Trinajstić information content (AvgIpc) is 1.87. The van der Waals surface area contributed by atoms with Crippen molar-refractivity contribution >= 4 is 0 Å². The molecule has 0 amide bonds. The Balaban J connectivity index is 2.84. The number of hydrogen-bond donors (Lipinski definition) is 2. The lowest BCUT2D eigenvalue weighted by Gasteiger charge is -2.25. The molecule has 0 spiro atoms. The summed E-state index contributed by atoms with van der Waals surface area (Å²) in [5.41, 5.74) is 0. The summed E-state index contributed by atoms with van der Waals surface area (Å²) in [7, 11) is 0. The Hall–Kier alpha value is -0.860. The van der Waals surface area contributed by atoms with Crippen LogP contribution in [0.3, 0.4) is 0 Å². The predicted molar refractivity (Wildman–Crippen MR) is 39.1 cm³/mol. The van der Waals surface area contributed by atoms with Gasteiger partial charge in [0.2, 0.25) is 0 Å². The van der Waals surface area contributed by atoms with E-state index in [4.69, 9.17) is 0 Å². The summed E-state index contributed by atoms with van der Waals surface area (Å²) in [5.74, 6) is -2.13. The van der Waals surface area contributed by atoms with Gasteiger partial charge >= 0.3 is 0 Å². The van der Waals surface area contributed by atoms with Crippen LogP contribution in [-0.2, 0) is 0 Å². The van der Waals surface area contributed by atoms with E-state index >= 15 is 0 Å². The lowest BCUT2D eigenvalue weighted by atomic mass is 9.94. The van der Waals surface area contributed by atoms with Crippen LogP contribution in [-0.4, -0.2) is 16.0 Å². The van der Waals surface area contributed by atoms with Crippen molar-refractivity contribution in [1.29, 1.82) is 0 Å². The molecule has 2 nitrogen and oxygen atoms in total. The van der Waals surface area contributed by atoms with E-state index < -0.39 is 11.7 Å². The van der Waals surface area contributed by atoms with Gasteiger partial charge in [-0.05, 0) is 6.08 Å². The van der Waals surface area contributed by atoms with E-state index in [0.29, 0.717) is 0 Å². The Morgan fingerprint density at radius 2 is 2.10 bits per heavy atom. The molecule has 2 N–H and O–H groups in total. The molecule has 0 heterocycles. The molecule has 0 radical (unpaired) electrons. The fraction of sp³-hybridized carbons (Fsp3) is 0.250. The van der Waals surface area contributed by atoms with Crippen molar-refractivity contribution in [3.8, 4) is 0 Å². The highest BCUT2D eigenvalue weighted by molar-refractivity contribution is 5.21. The Kier molecular flexibility index (Phi) is 1.74. The third kappa shape index (κ3) is 1.17. The summed E-state index contributed by atoms with van der Waals surface area (Å²) < 4.78 is 0. The SMILES string of the molecule is C=CC1C=CC=CC1(O)O. The van der Waals surface area contributed by atoms with Crippen molar-refractivity contribution in [3.05, 3.63) is 37.0 Å². The summed E-state index contributed by atoms with van der Waals surface area (Å²) >= 11 is 0. The van der Waals surface area contributed by atoms with E-state index in [2.05, 4.69) is 6.58 Å². The predicted octanol–water partition coefficient (Wildman–Crippen LogP) is 0.595. The highest BCUT2D eigenvalue weighted by atomic mass is 16.5. The Morgan fingerprint density at radius 3 is 2.50 bits per heavy atom. The molecule has 0 aromatic carbocycles. The van der Waals surface area contributed by atoms with Gasteiger partial charge in [0.15, 0.2) is 5.79 Å². The lowest BCUT2D eigenvalue weighted by Crippen LogP contribution is -2.34. The Labute approximate surface area is 59.8 Å². The molecule has 10 heavy (non-hydrogen) atoms. The minimum Gasteiger partial charge on any atom is -0.362 e. The van der Waals surface area contributed by atoms with Crippen LogP contribution < -0.4 is 0 Å². The van der Waals surface area contributed by atoms with E-state index in [-0.39, 0.29) is 0 Å². The molecular formula is C8H10O2. The molecule has 0 aromatic heterocycles. The van der Waals surface area contributed by atoms with Gasteiger partial charge in [0.25, 0.3) is 0 Å². The maximum absolute atomic E-state index is 9.18. The summed E-state index contributed by atoms with van der Waals surface area (Å²) in [6.07, 6.45) is 7.88. The molecule has 1 rings (SSSR count). The van der Waals surface area contributed by atoms with Crippen molar-refractivity contribution in [2.75, 3.05) is 0 Å². The summed E-state index contributed by atoms with van der Waals surface area (Å²) in [5, 5.41) is 18.4. The maximum Gasteiger partial charge on any atom is 0.192 e. The van der Waals surface area contributed by atoms with Crippen molar-refractivity contribution < 1.29 is 10.2 Å². The summed E-state index contributed by atoms with van der Waals surface area (Å²) in [6.45, 7) is 3.47. The molecule has 0 saturated heterocycles. The molecule has 1 unspecified atom stereocenters. The third-order valence-electron chi connectivity index (χ3n) is 1.52. The van der Waals surface area contributed by atoms with Crippen molar-refractivity contribution in [1.82, 2.24) is 0 Å². The fourth-order valence-corrected chi connectivity index (χ4v) is 0.886. The van der Waals surface area contributed by atoms with Crippen LogP contribution in [0, 0.1) is 5.92 Å². The smallest absolute Gasteiger partial charge is 0.192 e. The molecular weight excluding hydrogens is 128 g/mol. The first-order valence-electron chi connectivity index (χ1n) is 3.10. The monoisotopic (exact) mass is 138 g/mol. The van der Waals surface area contributed by atoms with Crippen LogP contribution in [0.4, 0.5) is 0 Å². The molecule has 1 aliphatic carbocycles. The second-order valence-electron chi connectivity index (χ2n) is 2.29. The molecule has 0 aliphatic heterocycles. The van der Waals surface area contributed by atoms with Gasteiger partial charge in [-0.1, -0.05) is 24.3 Å². The van der Waals surface area contributed by atoms with E-state index in [1.165, 1.54) is 12.2 Å². The van der Waals surface area contributed by atoms with E-state index in [9.17, 15) is 10.2 Å². The van der Waals surface area contributed by atoms with Crippen LogP contribution in [0.5, 0.6) is 0 Å². The molecule has 0 saturated carbocycles. The number of allylic oxidation sites excluding steroid dienone is 2. The van der Waals surface area contributed by atoms with Gasteiger partial charge in [-0.25, -0.2) is 0 Å². The second kappa shape index (κ2) is 2.40. The molecule has 1 aliphatic rings. The van der Waals surface area contributed by atoms with Gasteiger partial charge in [0.1, 0.15) is 0 Å². The largest absolute Gasteiger partial charge is 0.362 e. The Morgan fingerprint density at radius 1 is 1.40 bits per heavy atom. The van der Waals surface area contributed by atoms with E-state index in [1.807, 2.05) is 0 Å². The highest BCUT2D eigenvalue weighted by Gasteiger charge is 2.28. The molecule has 0 bridgehead atoms. The van der Waals surface area contributed by atoms with Gasteiger partial charge in [-0.2, -0.15) is 0 Å². The molecule has 0 aromatic rings. The van der Waals surface area contributed by atoms with Crippen molar-refractivity contribution in [3.63, 3.8) is 0 Å². The molecule has 0 fully saturated rings. The van der Waals surface area contributed by atoms with E-state index in [0.717, 1.165) is 0 Å². The molecule has 54 valence electrons. The van der Waals surface area contributed by atoms with Crippen LogP contribution >= 0.6 is 0 Å². The normalized spacial score (nSPS) is 28.4. The number of rotatable bonds is 1. The second-order valence-corrected chi connectivity index (χ2v) is 2.29. The fourth-order valence-electron chi connectivity index (χ4n) is 0.886. The standard InChI is InChI=1S/C8H10O2/c1-2-7-5-3-4-6-8(7,9)10/h2-7,9-10H,1H2. The van der Waals surface area contributed by atoms with Crippen LogP contribution in [0.2, 0.25) is 0 Å². The maximum atomic E-state index is 9.18.